The summed E-state index contributed by atoms with van der Waals surface area (Å²) in [4.78, 5) is 21.5. The van der Waals surface area contributed by atoms with Gasteiger partial charge in [0.2, 0.25) is 10.0 Å². The van der Waals surface area contributed by atoms with Gasteiger partial charge in [-0.1, -0.05) is 11.6 Å². The molecule has 2 aromatic rings. The fraction of sp³-hybridized carbons (Fsp3) is 0.500. The maximum Gasteiger partial charge on any atom is 0.416 e. The lowest BCUT2D eigenvalue weighted by Gasteiger charge is -2.35. The second kappa shape index (κ2) is 10.7. The molecular formula is C24H27ClF3N5O5S. The van der Waals surface area contributed by atoms with Gasteiger partial charge in [-0.15, -0.1) is 0 Å². The number of sulfonamides is 1. The molecule has 0 aliphatic carbocycles. The van der Waals surface area contributed by atoms with E-state index in [1.54, 1.807) is 17.0 Å². The highest BCUT2D eigenvalue weighted by atomic mass is 35.5. The largest absolute Gasteiger partial charge is 0.443 e. The monoisotopic (exact) mass is 589 g/mol. The van der Waals surface area contributed by atoms with E-state index in [4.69, 9.17) is 16.3 Å². The van der Waals surface area contributed by atoms with Crippen molar-refractivity contribution in [3.05, 3.63) is 47.1 Å². The summed E-state index contributed by atoms with van der Waals surface area (Å²) in [6.07, 6.45) is -5.14. The van der Waals surface area contributed by atoms with Crippen molar-refractivity contribution in [3.8, 4) is 0 Å². The minimum Gasteiger partial charge on any atom is -0.443 e. The van der Waals surface area contributed by atoms with E-state index in [0.717, 1.165) is 18.7 Å². The third-order valence-corrected chi connectivity index (χ3v) is 9.15. The number of hydrogen-bond acceptors (Lipinski definition) is 8. The molecule has 1 aromatic carbocycles. The van der Waals surface area contributed by atoms with Crippen LogP contribution in [0.5, 0.6) is 0 Å². The number of benzene rings is 1. The number of β-amino-alcohol motifs (C(OH)–C–C–N with tert-alkyl or cyclic N) is 1. The number of likely N-dealkylation sites (tertiary alicyclic amines) is 1. The van der Waals surface area contributed by atoms with Gasteiger partial charge in [0.05, 0.1) is 23.1 Å². The lowest BCUT2D eigenvalue weighted by atomic mass is 10.2. The van der Waals surface area contributed by atoms with Crippen molar-refractivity contribution in [3.63, 3.8) is 0 Å². The van der Waals surface area contributed by atoms with Crippen molar-refractivity contribution in [2.45, 2.75) is 29.7 Å². The summed E-state index contributed by atoms with van der Waals surface area (Å²) in [7, 11) is -3.88. The number of alkyl halides is 3. The third kappa shape index (κ3) is 6.09. The molecule has 1 N–H and O–H groups in total. The van der Waals surface area contributed by atoms with Crippen molar-refractivity contribution >= 4 is 39.2 Å². The molecule has 0 bridgehead atoms. The molecule has 1 amide bonds. The number of aliphatic hydroxyl groups is 1. The summed E-state index contributed by atoms with van der Waals surface area (Å²) < 4.78 is 72.6. The van der Waals surface area contributed by atoms with Crippen LogP contribution in [0.2, 0.25) is 5.15 Å². The van der Waals surface area contributed by atoms with Gasteiger partial charge in [0.15, 0.2) is 0 Å². The zero-order valence-corrected chi connectivity index (χ0v) is 22.3. The summed E-state index contributed by atoms with van der Waals surface area (Å²) in [6, 6.07) is 7.57. The molecule has 39 heavy (non-hydrogen) atoms. The van der Waals surface area contributed by atoms with E-state index in [1.807, 2.05) is 4.90 Å². The molecule has 1 aromatic heterocycles. The van der Waals surface area contributed by atoms with Crippen LogP contribution in [-0.2, 0) is 20.9 Å². The number of hydrogen-bond donors (Lipinski definition) is 1. The van der Waals surface area contributed by atoms with E-state index in [-0.39, 0.29) is 54.3 Å². The van der Waals surface area contributed by atoms with Crippen molar-refractivity contribution in [1.29, 1.82) is 0 Å². The zero-order valence-electron chi connectivity index (χ0n) is 20.7. The van der Waals surface area contributed by atoms with E-state index < -0.39 is 27.9 Å². The predicted molar refractivity (Wildman–Crippen MR) is 136 cm³/mol. The number of amides is 1. The van der Waals surface area contributed by atoms with Gasteiger partial charge in [-0.2, -0.15) is 17.5 Å². The molecule has 0 spiro atoms. The standard InChI is InChI=1S/C24H27ClF3N5O5S/c25-21-11-16(24(26,27)28)12-22(29-21)31-7-9-32(10-8-31)39(36,37)20-3-1-17(2-4-20)33-15-19(38-23(33)35)14-30-6-5-18(34)13-30/h1-4,11-12,18-19,34H,5-10,13-15H2. The molecule has 0 saturated carbocycles. The second-order valence-electron chi connectivity index (χ2n) is 9.74. The maximum atomic E-state index is 13.2. The first-order valence-corrected chi connectivity index (χ1v) is 14.2. The van der Waals surface area contributed by atoms with Gasteiger partial charge in [-0.05, 0) is 42.8 Å². The zero-order chi connectivity index (χ0) is 27.9. The van der Waals surface area contributed by atoms with E-state index in [0.29, 0.717) is 31.7 Å². The fourth-order valence-electron chi connectivity index (χ4n) is 5.01. The van der Waals surface area contributed by atoms with Crippen molar-refractivity contribution in [2.75, 3.05) is 62.2 Å². The minimum atomic E-state index is -4.58. The lowest BCUT2D eigenvalue weighted by molar-refractivity contribution is -0.137. The highest BCUT2D eigenvalue weighted by Crippen LogP contribution is 2.33. The molecule has 3 aliphatic heterocycles. The Morgan fingerprint density at radius 1 is 1.05 bits per heavy atom. The summed E-state index contributed by atoms with van der Waals surface area (Å²) in [5, 5.41) is 9.40. The first kappa shape index (κ1) is 27.9. The van der Waals surface area contributed by atoms with E-state index in [9.17, 15) is 31.5 Å². The molecule has 3 aliphatic rings. The predicted octanol–water partition coefficient (Wildman–Crippen LogP) is 2.66. The molecule has 212 valence electrons. The molecule has 15 heteroatoms. The highest BCUT2D eigenvalue weighted by molar-refractivity contribution is 7.89. The van der Waals surface area contributed by atoms with Gasteiger partial charge in [-0.25, -0.2) is 18.2 Å². The van der Waals surface area contributed by atoms with Crippen LogP contribution in [0.15, 0.2) is 41.3 Å². The summed E-state index contributed by atoms with van der Waals surface area (Å²) in [6.45, 7) is 2.47. The van der Waals surface area contributed by atoms with Crippen LogP contribution < -0.4 is 9.80 Å². The van der Waals surface area contributed by atoms with Gasteiger partial charge < -0.3 is 14.7 Å². The number of nitrogens with zero attached hydrogens (tertiary/aromatic N) is 5. The number of pyridine rings is 1. The Morgan fingerprint density at radius 2 is 1.74 bits per heavy atom. The van der Waals surface area contributed by atoms with Crippen molar-refractivity contribution < 1.29 is 36.2 Å². The Bertz CT molecular complexity index is 1320. The summed E-state index contributed by atoms with van der Waals surface area (Å²) >= 11 is 5.79. The first-order valence-electron chi connectivity index (χ1n) is 12.4. The van der Waals surface area contributed by atoms with Crippen LogP contribution in [-0.4, -0.2) is 98.4 Å². The number of piperazine rings is 1. The average molecular weight is 590 g/mol. The fourth-order valence-corrected chi connectivity index (χ4v) is 6.63. The van der Waals surface area contributed by atoms with Crippen LogP contribution in [0.25, 0.3) is 0 Å². The average Bonchev–Trinajstić information content (AvgIpc) is 3.47. The molecule has 10 nitrogen and oxygen atoms in total. The van der Waals surface area contributed by atoms with Crippen LogP contribution >= 0.6 is 11.6 Å². The smallest absolute Gasteiger partial charge is 0.416 e. The molecule has 5 rings (SSSR count). The maximum absolute atomic E-state index is 13.2. The van der Waals surface area contributed by atoms with Crippen molar-refractivity contribution in [1.82, 2.24) is 14.2 Å². The summed E-state index contributed by atoms with van der Waals surface area (Å²) in [5.41, 5.74) is -0.420. The number of anilines is 2. The van der Waals surface area contributed by atoms with Gasteiger partial charge in [0.1, 0.15) is 17.1 Å². The Balaban J connectivity index is 1.21. The van der Waals surface area contributed by atoms with Crippen LogP contribution in [0.1, 0.15) is 12.0 Å². The Morgan fingerprint density at radius 3 is 2.36 bits per heavy atom. The van der Waals surface area contributed by atoms with Crippen LogP contribution in [0.3, 0.4) is 0 Å². The van der Waals surface area contributed by atoms with Crippen molar-refractivity contribution in [2.24, 2.45) is 0 Å². The topological polar surface area (TPSA) is 107 Å². The molecule has 4 heterocycles. The van der Waals surface area contributed by atoms with E-state index >= 15 is 0 Å². The molecule has 2 atom stereocenters. The van der Waals surface area contributed by atoms with E-state index in [1.165, 1.54) is 21.3 Å². The Kier molecular flexibility index (Phi) is 7.68. The number of rotatable bonds is 6. The SMILES string of the molecule is O=C1OC(CN2CCC(O)C2)CN1c1ccc(S(=O)(=O)N2CCN(c3cc(C(F)(F)F)cc(Cl)n3)CC2)cc1. The first-order chi connectivity index (χ1) is 18.4. The summed E-state index contributed by atoms with van der Waals surface area (Å²) in [5.74, 6) is 0.0351. The molecule has 3 saturated heterocycles. The number of carbonyl (C=O) groups is 1. The normalized spacial score (nSPS) is 23.5. The van der Waals surface area contributed by atoms with Gasteiger partial charge in [0.25, 0.3) is 0 Å². The molecule has 2 unspecified atom stereocenters. The quantitative estimate of drug-likeness (QED) is 0.513. The number of ether oxygens (including phenoxy) is 1. The number of halogens is 4. The molecular weight excluding hydrogens is 563 g/mol. The third-order valence-electron chi connectivity index (χ3n) is 7.04. The lowest BCUT2D eigenvalue weighted by Crippen LogP contribution is -2.49. The Hall–Kier alpha value is -2.65. The van der Waals surface area contributed by atoms with E-state index in [2.05, 4.69) is 4.98 Å². The second-order valence-corrected chi connectivity index (χ2v) is 12.1. The Labute approximate surface area is 228 Å². The number of aromatic nitrogens is 1. The van der Waals surface area contributed by atoms with Crippen LogP contribution in [0, 0.1) is 0 Å². The highest BCUT2D eigenvalue weighted by Gasteiger charge is 2.36. The molecule has 3 fully saturated rings. The number of aliphatic hydroxyl groups excluding tert-OH is 1. The van der Waals surface area contributed by atoms with Gasteiger partial charge in [-0.3, -0.25) is 9.80 Å². The minimum absolute atomic E-state index is 0.0351. The van der Waals surface area contributed by atoms with Gasteiger partial charge in [0, 0.05) is 51.5 Å². The number of carbonyl (C=O) groups excluding carboxylic acids is 1. The van der Waals surface area contributed by atoms with Crippen LogP contribution in [0.4, 0.5) is 29.5 Å². The molecule has 0 radical (unpaired) electrons. The van der Waals surface area contributed by atoms with Gasteiger partial charge >= 0.3 is 12.3 Å². The number of cyclic esters (lactones) is 1.